The van der Waals surface area contributed by atoms with Crippen molar-refractivity contribution in [1.29, 1.82) is 0 Å². The van der Waals surface area contributed by atoms with E-state index in [1.807, 2.05) is 0 Å². The Balaban J connectivity index is 1.72. The van der Waals surface area contributed by atoms with Gasteiger partial charge in [0, 0.05) is 0 Å². The minimum absolute atomic E-state index is 0.352. The third kappa shape index (κ3) is 4.44. The Kier molecular flexibility index (Phi) is 6.53. The van der Waals surface area contributed by atoms with E-state index in [1.54, 1.807) is 48.5 Å². The molecule has 0 N–H and O–H groups in total. The SMILES string of the molecule is COc1ccccc1C(=O)OC1CCCCC1OC(=O)c1ccccc1OC. The van der Waals surface area contributed by atoms with Gasteiger partial charge in [0.2, 0.25) is 0 Å². The zero-order chi connectivity index (χ0) is 19.9. The van der Waals surface area contributed by atoms with E-state index >= 15 is 0 Å². The molecule has 0 heterocycles. The minimum Gasteiger partial charge on any atom is -0.496 e. The van der Waals surface area contributed by atoms with Crippen molar-refractivity contribution in [3.8, 4) is 11.5 Å². The molecule has 1 aliphatic carbocycles. The van der Waals surface area contributed by atoms with Gasteiger partial charge in [0.25, 0.3) is 0 Å². The van der Waals surface area contributed by atoms with Gasteiger partial charge in [-0.05, 0) is 49.9 Å². The summed E-state index contributed by atoms with van der Waals surface area (Å²) in [6, 6.07) is 13.8. The smallest absolute Gasteiger partial charge is 0.342 e. The largest absolute Gasteiger partial charge is 0.496 e. The highest BCUT2D eigenvalue weighted by Gasteiger charge is 2.33. The van der Waals surface area contributed by atoms with E-state index < -0.39 is 24.1 Å². The van der Waals surface area contributed by atoms with E-state index in [9.17, 15) is 9.59 Å². The summed E-state index contributed by atoms with van der Waals surface area (Å²) in [6.07, 6.45) is 2.11. The maximum Gasteiger partial charge on any atom is 0.342 e. The highest BCUT2D eigenvalue weighted by molar-refractivity contribution is 5.93. The maximum atomic E-state index is 12.6. The van der Waals surface area contributed by atoms with E-state index in [2.05, 4.69) is 0 Å². The molecule has 28 heavy (non-hydrogen) atoms. The Morgan fingerprint density at radius 3 is 1.50 bits per heavy atom. The van der Waals surface area contributed by atoms with Gasteiger partial charge in [0.05, 0.1) is 14.2 Å². The van der Waals surface area contributed by atoms with E-state index in [0.717, 1.165) is 12.8 Å². The van der Waals surface area contributed by atoms with Crippen molar-refractivity contribution in [3.05, 3.63) is 59.7 Å². The number of ether oxygens (including phenoxy) is 4. The Morgan fingerprint density at radius 2 is 1.11 bits per heavy atom. The van der Waals surface area contributed by atoms with Crippen LogP contribution in [0.4, 0.5) is 0 Å². The molecular weight excluding hydrogens is 360 g/mol. The second-order valence-electron chi connectivity index (χ2n) is 6.57. The number of hydrogen-bond acceptors (Lipinski definition) is 6. The van der Waals surface area contributed by atoms with Gasteiger partial charge >= 0.3 is 11.9 Å². The van der Waals surface area contributed by atoms with Crippen LogP contribution in [0, 0.1) is 0 Å². The summed E-state index contributed by atoms with van der Waals surface area (Å²) < 4.78 is 21.9. The van der Waals surface area contributed by atoms with Gasteiger partial charge in [-0.2, -0.15) is 0 Å². The van der Waals surface area contributed by atoms with Gasteiger partial charge in [-0.15, -0.1) is 0 Å². The monoisotopic (exact) mass is 384 g/mol. The molecule has 0 amide bonds. The summed E-state index contributed by atoms with van der Waals surface area (Å²) in [7, 11) is 3.01. The summed E-state index contributed by atoms with van der Waals surface area (Å²) in [6.45, 7) is 0. The number of methoxy groups -OCH3 is 2. The Labute approximate surface area is 164 Å². The Hall–Kier alpha value is -3.02. The molecule has 0 bridgehead atoms. The molecule has 1 fully saturated rings. The number of carbonyl (C=O) groups is 2. The van der Waals surface area contributed by atoms with E-state index in [-0.39, 0.29) is 0 Å². The predicted octanol–water partition coefficient (Wildman–Crippen LogP) is 4.03. The summed E-state index contributed by atoms with van der Waals surface area (Å²) in [4.78, 5) is 25.3. The lowest BCUT2D eigenvalue weighted by Gasteiger charge is -2.31. The van der Waals surface area contributed by atoms with Crippen molar-refractivity contribution in [2.75, 3.05) is 14.2 Å². The fourth-order valence-corrected chi connectivity index (χ4v) is 3.36. The fourth-order valence-electron chi connectivity index (χ4n) is 3.36. The van der Waals surface area contributed by atoms with Crippen LogP contribution in [0.1, 0.15) is 46.4 Å². The zero-order valence-corrected chi connectivity index (χ0v) is 16.1. The molecule has 6 nitrogen and oxygen atoms in total. The van der Waals surface area contributed by atoms with Gasteiger partial charge in [0.15, 0.2) is 0 Å². The lowest BCUT2D eigenvalue weighted by atomic mass is 9.94. The molecule has 1 saturated carbocycles. The number of rotatable bonds is 6. The normalized spacial score (nSPS) is 18.8. The van der Waals surface area contributed by atoms with Crippen LogP contribution in [-0.4, -0.2) is 38.4 Å². The first kappa shape index (κ1) is 19.7. The average molecular weight is 384 g/mol. The van der Waals surface area contributed by atoms with Crippen molar-refractivity contribution in [2.45, 2.75) is 37.9 Å². The van der Waals surface area contributed by atoms with E-state index in [4.69, 9.17) is 18.9 Å². The van der Waals surface area contributed by atoms with Crippen LogP contribution in [0.3, 0.4) is 0 Å². The van der Waals surface area contributed by atoms with Gasteiger partial charge in [-0.3, -0.25) is 0 Å². The molecule has 0 radical (unpaired) electrons. The molecular formula is C22H24O6. The van der Waals surface area contributed by atoms with Crippen molar-refractivity contribution >= 4 is 11.9 Å². The third-order valence-corrected chi connectivity index (χ3v) is 4.81. The van der Waals surface area contributed by atoms with Crippen LogP contribution in [0.15, 0.2) is 48.5 Å². The van der Waals surface area contributed by atoms with Crippen molar-refractivity contribution < 1.29 is 28.5 Å². The van der Waals surface area contributed by atoms with E-state index in [0.29, 0.717) is 35.5 Å². The van der Waals surface area contributed by atoms with Gasteiger partial charge in [-0.1, -0.05) is 24.3 Å². The standard InChI is InChI=1S/C22H24O6/c1-25-17-11-5-3-9-15(17)21(23)27-19-13-7-8-14-20(19)28-22(24)16-10-4-6-12-18(16)26-2/h3-6,9-12,19-20H,7-8,13-14H2,1-2H3. The van der Waals surface area contributed by atoms with Crippen LogP contribution in [-0.2, 0) is 9.47 Å². The molecule has 1 aliphatic rings. The second kappa shape index (κ2) is 9.26. The van der Waals surface area contributed by atoms with Gasteiger partial charge in [-0.25, -0.2) is 9.59 Å². The first-order chi connectivity index (χ1) is 13.6. The second-order valence-corrected chi connectivity index (χ2v) is 6.57. The van der Waals surface area contributed by atoms with Crippen LogP contribution in [0.5, 0.6) is 11.5 Å². The highest BCUT2D eigenvalue weighted by Crippen LogP contribution is 2.28. The van der Waals surface area contributed by atoms with Crippen LogP contribution in [0.2, 0.25) is 0 Å². The van der Waals surface area contributed by atoms with Gasteiger partial charge < -0.3 is 18.9 Å². The molecule has 0 saturated heterocycles. The number of esters is 2. The summed E-state index contributed by atoms with van der Waals surface area (Å²) in [5.74, 6) is -0.0675. The summed E-state index contributed by atoms with van der Waals surface area (Å²) >= 11 is 0. The lowest BCUT2D eigenvalue weighted by molar-refractivity contribution is -0.0516. The van der Waals surface area contributed by atoms with Crippen molar-refractivity contribution in [3.63, 3.8) is 0 Å². The molecule has 2 aromatic rings. The maximum absolute atomic E-state index is 12.6. The Bertz CT molecular complexity index is 762. The highest BCUT2D eigenvalue weighted by atomic mass is 16.6. The molecule has 6 heteroatoms. The molecule has 148 valence electrons. The zero-order valence-electron chi connectivity index (χ0n) is 16.1. The summed E-state index contributed by atoms with van der Waals surface area (Å²) in [5, 5.41) is 0. The summed E-state index contributed by atoms with van der Waals surface area (Å²) in [5.41, 5.74) is 0.704. The first-order valence-corrected chi connectivity index (χ1v) is 9.32. The lowest BCUT2D eigenvalue weighted by Crippen LogP contribution is -2.38. The van der Waals surface area contributed by atoms with Crippen molar-refractivity contribution in [1.82, 2.24) is 0 Å². The molecule has 3 rings (SSSR count). The van der Waals surface area contributed by atoms with Crippen LogP contribution < -0.4 is 9.47 Å². The Morgan fingerprint density at radius 1 is 0.714 bits per heavy atom. The quantitative estimate of drug-likeness (QED) is 0.701. The van der Waals surface area contributed by atoms with Crippen LogP contribution >= 0.6 is 0 Å². The van der Waals surface area contributed by atoms with E-state index in [1.165, 1.54) is 14.2 Å². The minimum atomic E-state index is -0.496. The molecule has 2 atom stereocenters. The predicted molar refractivity (Wildman–Crippen MR) is 103 cm³/mol. The third-order valence-electron chi connectivity index (χ3n) is 4.81. The number of benzene rings is 2. The average Bonchev–Trinajstić information content (AvgIpc) is 2.74. The first-order valence-electron chi connectivity index (χ1n) is 9.32. The molecule has 0 aromatic heterocycles. The molecule has 2 aromatic carbocycles. The number of carbonyl (C=O) groups excluding carboxylic acids is 2. The number of para-hydroxylation sites is 2. The topological polar surface area (TPSA) is 71.1 Å². The molecule has 2 unspecified atom stereocenters. The van der Waals surface area contributed by atoms with Crippen LogP contribution in [0.25, 0.3) is 0 Å². The number of hydrogen-bond donors (Lipinski definition) is 0. The molecule has 0 aliphatic heterocycles. The molecule has 0 spiro atoms. The fraction of sp³-hybridized carbons (Fsp3) is 0.364. The van der Waals surface area contributed by atoms with Crippen molar-refractivity contribution in [2.24, 2.45) is 0 Å². The van der Waals surface area contributed by atoms with Gasteiger partial charge in [0.1, 0.15) is 34.8 Å².